The van der Waals surface area contributed by atoms with Crippen molar-refractivity contribution >= 4 is 14.0 Å². The topological polar surface area (TPSA) is 36.9 Å². The second-order valence-electron chi connectivity index (χ2n) is 6.57. The minimum Gasteiger partial charge on any atom is -0.408 e. The molecule has 2 aliphatic heterocycles. The summed E-state index contributed by atoms with van der Waals surface area (Å²) in [5, 5.41) is 0. The zero-order valence-corrected chi connectivity index (χ0v) is 12.6. The Morgan fingerprint density at radius 1 is 0.944 bits per heavy atom. The Balaban J connectivity index is 2.10. The summed E-state index contributed by atoms with van der Waals surface area (Å²) in [4.78, 5) is 0. The average molecular weight is 254 g/mol. The van der Waals surface area contributed by atoms with E-state index in [0.717, 1.165) is 6.42 Å². The molecule has 0 aromatic carbocycles. The Kier molecular flexibility index (Phi) is 3.38. The van der Waals surface area contributed by atoms with Crippen molar-refractivity contribution in [2.75, 3.05) is 0 Å². The van der Waals surface area contributed by atoms with Gasteiger partial charge in [-0.25, -0.2) is 0 Å². The number of hydrogen-bond acceptors (Lipinski definition) is 4. The molecule has 102 valence electrons. The van der Waals surface area contributed by atoms with Crippen molar-refractivity contribution in [2.24, 2.45) is 0 Å². The van der Waals surface area contributed by atoms with Gasteiger partial charge < -0.3 is 18.6 Å². The predicted molar refractivity (Wildman–Crippen MR) is 72.2 cm³/mol. The second kappa shape index (κ2) is 4.23. The molecule has 0 aromatic rings. The van der Waals surface area contributed by atoms with Crippen molar-refractivity contribution in [3.05, 3.63) is 0 Å². The van der Waals surface area contributed by atoms with Gasteiger partial charge in [-0.05, 0) is 48.0 Å². The van der Waals surface area contributed by atoms with Gasteiger partial charge in [0.1, 0.15) is 0 Å². The maximum Gasteiger partial charge on any atom is 0.488 e. The highest BCUT2D eigenvalue weighted by atomic mass is 16.7. The van der Waals surface area contributed by atoms with Gasteiger partial charge in [-0.1, -0.05) is 6.92 Å². The standard InChI is InChI=1S/C12H24B2O4/c1-8-12(7)11(5,6)17-14(18-12)13-15-9(2)10(3,4)16-13/h9H,8H2,1-7H3. The maximum atomic E-state index is 6.07. The van der Waals surface area contributed by atoms with Crippen LogP contribution in [0.15, 0.2) is 0 Å². The summed E-state index contributed by atoms with van der Waals surface area (Å²) in [5.74, 6) is 0. The lowest BCUT2D eigenvalue weighted by Gasteiger charge is -2.35. The van der Waals surface area contributed by atoms with Gasteiger partial charge in [0.05, 0.1) is 22.9 Å². The Bertz CT molecular complexity index is 334. The molecule has 0 spiro atoms. The van der Waals surface area contributed by atoms with E-state index in [2.05, 4.69) is 27.7 Å². The van der Waals surface area contributed by atoms with Crippen LogP contribution in [0.4, 0.5) is 0 Å². The fourth-order valence-corrected chi connectivity index (χ4v) is 2.37. The van der Waals surface area contributed by atoms with Gasteiger partial charge in [-0.15, -0.1) is 0 Å². The lowest BCUT2D eigenvalue weighted by Crippen LogP contribution is -2.44. The number of rotatable bonds is 2. The van der Waals surface area contributed by atoms with Crippen LogP contribution in [0.25, 0.3) is 0 Å². The predicted octanol–water partition coefficient (Wildman–Crippen LogP) is 2.25. The van der Waals surface area contributed by atoms with Crippen molar-refractivity contribution in [1.29, 1.82) is 0 Å². The van der Waals surface area contributed by atoms with E-state index in [0.29, 0.717) is 0 Å². The van der Waals surface area contributed by atoms with Gasteiger partial charge in [-0.2, -0.15) is 0 Å². The molecule has 18 heavy (non-hydrogen) atoms. The maximum absolute atomic E-state index is 6.07. The molecule has 0 radical (unpaired) electrons. The molecule has 2 aliphatic rings. The van der Waals surface area contributed by atoms with Crippen LogP contribution in [0.3, 0.4) is 0 Å². The molecule has 2 heterocycles. The first-order valence-electron chi connectivity index (χ1n) is 6.80. The normalized spacial score (nSPS) is 38.5. The fraction of sp³-hybridized carbons (Fsp3) is 1.00. The lowest BCUT2D eigenvalue weighted by atomic mass is 9.49. The highest BCUT2D eigenvalue weighted by molar-refractivity contribution is 7.11. The van der Waals surface area contributed by atoms with Gasteiger partial charge in [0.25, 0.3) is 0 Å². The smallest absolute Gasteiger partial charge is 0.408 e. The first-order valence-corrected chi connectivity index (χ1v) is 6.80. The van der Waals surface area contributed by atoms with Crippen LogP contribution in [0, 0.1) is 0 Å². The van der Waals surface area contributed by atoms with Crippen LogP contribution < -0.4 is 0 Å². The van der Waals surface area contributed by atoms with E-state index in [9.17, 15) is 0 Å². The summed E-state index contributed by atoms with van der Waals surface area (Å²) >= 11 is 0. The molecule has 2 fully saturated rings. The van der Waals surface area contributed by atoms with Crippen molar-refractivity contribution in [3.63, 3.8) is 0 Å². The largest absolute Gasteiger partial charge is 0.488 e. The van der Waals surface area contributed by atoms with Crippen LogP contribution >= 0.6 is 0 Å². The van der Waals surface area contributed by atoms with Gasteiger partial charge in [0, 0.05) is 0 Å². The molecule has 0 amide bonds. The average Bonchev–Trinajstić information content (AvgIpc) is 2.64. The third kappa shape index (κ3) is 2.13. The molecule has 2 saturated heterocycles. The number of hydrogen-bond donors (Lipinski definition) is 0. The highest BCUT2D eigenvalue weighted by Crippen LogP contribution is 2.42. The Hall–Kier alpha value is -0.0301. The SMILES string of the molecule is CCC1(C)OB(B2OC(C)C(C)(C)O2)OC1(C)C. The Morgan fingerprint density at radius 3 is 1.94 bits per heavy atom. The summed E-state index contributed by atoms with van der Waals surface area (Å²) in [5.41, 5.74) is -0.942. The van der Waals surface area contributed by atoms with E-state index in [1.807, 2.05) is 20.8 Å². The third-order valence-corrected chi connectivity index (χ3v) is 4.69. The summed E-state index contributed by atoms with van der Waals surface area (Å²) in [7, 11) is -0.892. The van der Waals surface area contributed by atoms with E-state index >= 15 is 0 Å². The molecule has 2 rings (SSSR count). The molecule has 0 saturated carbocycles. The quantitative estimate of drug-likeness (QED) is 0.708. The minimum absolute atomic E-state index is 0.0336. The molecular weight excluding hydrogens is 230 g/mol. The molecule has 2 unspecified atom stereocenters. The van der Waals surface area contributed by atoms with E-state index < -0.39 is 14.0 Å². The Labute approximate surface area is 111 Å². The second-order valence-corrected chi connectivity index (χ2v) is 6.57. The monoisotopic (exact) mass is 254 g/mol. The molecule has 0 aromatic heterocycles. The summed E-state index contributed by atoms with van der Waals surface area (Å²) in [6.45, 7) is 14.4. The summed E-state index contributed by atoms with van der Waals surface area (Å²) in [6, 6.07) is 0. The van der Waals surface area contributed by atoms with E-state index in [1.54, 1.807) is 0 Å². The van der Waals surface area contributed by atoms with Crippen LogP contribution in [0.1, 0.15) is 54.9 Å². The molecule has 0 aliphatic carbocycles. The molecule has 0 N–H and O–H groups in total. The first-order chi connectivity index (χ1) is 8.11. The third-order valence-electron chi connectivity index (χ3n) is 4.69. The van der Waals surface area contributed by atoms with Crippen molar-refractivity contribution < 1.29 is 18.6 Å². The first kappa shape index (κ1) is 14.4. The van der Waals surface area contributed by atoms with Crippen LogP contribution in [-0.4, -0.2) is 36.9 Å². The minimum atomic E-state index is -0.450. The highest BCUT2D eigenvalue weighted by Gasteiger charge is 2.62. The van der Waals surface area contributed by atoms with Crippen molar-refractivity contribution in [3.8, 4) is 0 Å². The van der Waals surface area contributed by atoms with Crippen LogP contribution in [0.5, 0.6) is 0 Å². The molecule has 4 nitrogen and oxygen atoms in total. The molecule has 0 bridgehead atoms. The summed E-state index contributed by atoms with van der Waals surface area (Å²) in [6.07, 6.45) is 0.925. The zero-order valence-electron chi connectivity index (χ0n) is 12.6. The van der Waals surface area contributed by atoms with Gasteiger partial charge in [-0.3, -0.25) is 0 Å². The van der Waals surface area contributed by atoms with Gasteiger partial charge in [0.15, 0.2) is 0 Å². The van der Waals surface area contributed by atoms with Crippen molar-refractivity contribution in [1.82, 2.24) is 0 Å². The lowest BCUT2D eigenvalue weighted by molar-refractivity contribution is -0.0118. The van der Waals surface area contributed by atoms with Crippen molar-refractivity contribution in [2.45, 2.75) is 77.8 Å². The molecule has 6 heteroatoms. The Morgan fingerprint density at radius 2 is 1.56 bits per heavy atom. The summed E-state index contributed by atoms with van der Waals surface area (Å²) < 4.78 is 23.8. The molecular formula is C12H24B2O4. The molecule has 2 atom stereocenters. The van der Waals surface area contributed by atoms with Gasteiger partial charge in [0.2, 0.25) is 0 Å². The van der Waals surface area contributed by atoms with E-state index in [-0.39, 0.29) is 22.9 Å². The van der Waals surface area contributed by atoms with E-state index in [1.165, 1.54) is 0 Å². The van der Waals surface area contributed by atoms with Crippen LogP contribution in [-0.2, 0) is 18.6 Å². The fourth-order valence-electron chi connectivity index (χ4n) is 2.37. The zero-order chi connectivity index (χ0) is 13.8. The van der Waals surface area contributed by atoms with Gasteiger partial charge >= 0.3 is 14.0 Å². The van der Waals surface area contributed by atoms with Crippen LogP contribution in [0.2, 0.25) is 0 Å². The van der Waals surface area contributed by atoms with E-state index in [4.69, 9.17) is 18.6 Å².